The lowest BCUT2D eigenvalue weighted by molar-refractivity contribution is 0.0706. The third-order valence-electron chi connectivity index (χ3n) is 6.58. The summed E-state index contributed by atoms with van der Waals surface area (Å²) in [6.07, 6.45) is 8.24. The second-order valence-corrected chi connectivity index (χ2v) is 8.75. The Balaban J connectivity index is 1.40. The van der Waals surface area contributed by atoms with Gasteiger partial charge in [0.2, 0.25) is 5.91 Å². The van der Waals surface area contributed by atoms with E-state index in [-0.39, 0.29) is 5.91 Å². The maximum Gasteiger partial charge on any atom is 0.254 e. The molecule has 2 aliphatic carbocycles. The molecule has 150 valence electrons. The van der Waals surface area contributed by atoms with E-state index in [1.165, 1.54) is 31.2 Å². The molecular weight excluding hydrogens is 362 g/mol. The number of nitrogens with zero attached hydrogens (tertiary/aromatic N) is 1. The quantitative estimate of drug-likeness (QED) is 0.770. The highest BCUT2D eigenvalue weighted by atomic mass is 16.2. The van der Waals surface area contributed by atoms with E-state index in [4.69, 9.17) is 5.73 Å². The molecule has 0 saturated heterocycles. The van der Waals surface area contributed by atoms with Crippen molar-refractivity contribution in [3.05, 3.63) is 58.7 Å². The number of hydrogen-bond acceptors (Lipinski definition) is 3. The van der Waals surface area contributed by atoms with E-state index in [9.17, 15) is 9.59 Å². The molecule has 0 unspecified atom stereocenters. The SMILES string of the molecule is NC(=O)c1ccc(CC2CC2)c(Nc2ccc3c(c2)CN(C2CCCC2)C3=O)c1. The number of hydrogen-bond donors (Lipinski definition) is 2. The summed E-state index contributed by atoms with van der Waals surface area (Å²) in [6, 6.07) is 12.1. The molecule has 5 rings (SSSR count). The van der Waals surface area contributed by atoms with Crippen LogP contribution < -0.4 is 11.1 Å². The molecule has 2 fully saturated rings. The maximum absolute atomic E-state index is 12.8. The van der Waals surface area contributed by atoms with Gasteiger partial charge in [-0.2, -0.15) is 0 Å². The minimum Gasteiger partial charge on any atom is -0.366 e. The fraction of sp³-hybridized carbons (Fsp3) is 0.417. The number of nitrogens with two attached hydrogens (primary N) is 1. The smallest absolute Gasteiger partial charge is 0.254 e. The molecule has 5 heteroatoms. The molecule has 1 heterocycles. The number of nitrogens with one attached hydrogen (secondary N) is 1. The molecule has 3 aliphatic rings. The second kappa shape index (κ2) is 7.21. The van der Waals surface area contributed by atoms with Gasteiger partial charge in [0.1, 0.15) is 0 Å². The van der Waals surface area contributed by atoms with Crippen LogP contribution in [0.1, 0.15) is 70.4 Å². The van der Waals surface area contributed by atoms with E-state index in [1.54, 1.807) is 0 Å². The topological polar surface area (TPSA) is 75.4 Å². The van der Waals surface area contributed by atoms with E-state index in [0.717, 1.165) is 47.7 Å². The normalized spacial score (nSPS) is 18.9. The first-order valence-electron chi connectivity index (χ1n) is 10.7. The molecular formula is C24H27N3O2. The number of rotatable bonds is 6. The average Bonchev–Trinajstić information content (AvgIpc) is 3.23. The summed E-state index contributed by atoms with van der Waals surface area (Å²) in [4.78, 5) is 26.5. The molecule has 1 aliphatic heterocycles. The molecule has 29 heavy (non-hydrogen) atoms. The standard InChI is InChI=1S/C24H27N3O2/c25-23(28)17-8-7-16(11-15-5-6-15)22(13-17)26-19-9-10-21-18(12-19)14-27(24(21)29)20-3-1-2-4-20/h7-10,12-13,15,20,26H,1-6,11,14H2,(H2,25,28). The zero-order valence-electron chi connectivity index (χ0n) is 16.6. The van der Waals surface area contributed by atoms with Gasteiger partial charge in [-0.25, -0.2) is 0 Å². The van der Waals surface area contributed by atoms with Crippen LogP contribution in [0.25, 0.3) is 0 Å². The predicted molar refractivity (Wildman–Crippen MR) is 113 cm³/mol. The Morgan fingerprint density at radius 3 is 2.59 bits per heavy atom. The van der Waals surface area contributed by atoms with Crippen LogP contribution in [-0.2, 0) is 13.0 Å². The highest BCUT2D eigenvalue weighted by Crippen LogP contribution is 2.37. The average molecular weight is 389 g/mol. The second-order valence-electron chi connectivity index (χ2n) is 8.75. The fourth-order valence-corrected chi connectivity index (χ4v) is 4.74. The lowest BCUT2D eigenvalue weighted by atomic mass is 10.0. The first-order chi connectivity index (χ1) is 14.1. The van der Waals surface area contributed by atoms with Crippen LogP contribution in [0.2, 0.25) is 0 Å². The largest absolute Gasteiger partial charge is 0.366 e. The Labute approximate surface area is 171 Å². The van der Waals surface area contributed by atoms with Crippen molar-refractivity contribution in [3.63, 3.8) is 0 Å². The van der Waals surface area contributed by atoms with Crippen molar-refractivity contribution in [2.45, 2.75) is 57.5 Å². The monoisotopic (exact) mass is 389 g/mol. The maximum atomic E-state index is 12.8. The van der Waals surface area contributed by atoms with E-state index in [2.05, 4.69) is 11.4 Å². The summed E-state index contributed by atoms with van der Waals surface area (Å²) in [7, 11) is 0. The molecule has 2 saturated carbocycles. The number of carbonyl (C=O) groups excluding carboxylic acids is 2. The lowest BCUT2D eigenvalue weighted by Gasteiger charge is -2.23. The van der Waals surface area contributed by atoms with Crippen LogP contribution in [-0.4, -0.2) is 22.8 Å². The molecule has 0 aromatic heterocycles. The Morgan fingerprint density at radius 2 is 1.86 bits per heavy atom. The van der Waals surface area contributed by atoms with Gasteiger partial charge in [-0.05, 0) is 79.5 Å². The van der Waals surface area contributed by atoms with Gasteiger partial charge in [0.15, 0.2) is 0 Å². The summed E-state index contributed by atoms with van der Waals surface area (Å²) < 4.78 is 0. The molecule has 0 bridgehead atoms. The van der Waals surface area contributed by atoms with Gasteiger partial charge in [0.25, 0.3) is 5.91 Å². The molecule has 2 aromatic rings. The van der Waals surface area contributed by atoms with Gasteiger partial charge in [-0.3, -0.25) is 9.59 Å². The molecule has 3 N–H and O–H groups in total. The van der Waals surface area contributed by atoms with Gasteiger partial charge in [0.05, 0.1) is 0 Å². The van der Waals surface area contributed by atoms with Gasteiger partial charge in [0, 0.05) is 35.1 Å². The molecule has 2 aromatic carbocycles. The third-order valence-corrected chi connectivity index (χ3v) is 6.58. The Hall–Kier alpha value is -2.82. The number of carbonyl (C=O) groups is 2. The van der Waals surface area contributed by atoms with Gasteiger partial charge >= 0.3 is 0 Å². The van der Waals surface area contributed by atoms with Crippen molar-refractivity contribution >= 4 is 23.2 Å². The van der Waals surface area contributed by atoms with E-state index < -0.39 is 5.91 Å². The van der Waals surface area contributed by atoms with Crippen molar-refractivity contribution in [3.8, 4) is 0 Å². The van der Waals surface area contributed by atoms with Gasteiger partial charge in [-0.15, -0.1) is 0 Å². The summed E-state index contributed by atoms with van der Waals surface area (Å²) in [5, 5.41) is 3.49. The van der Waals surface area contributed by atoms with Crippen LogP contribution in [0, 0.1) is 5.92 Å². The summed E-state index contributed by atoms with van der Waals surface area (Å²) in [6.45, 7) is 0.699. The number of fused-ring (bicyclic) bond motifs is 1. The van der Waals surface area contributed by atoms with Crippen LogP contribution in [0.5, 0.6) is 0 Å². The predicted octanol–water partition coefficient (Wildman–Crippen LogP) is 4.38. The van der Waals surface area contributed by atoms with Crippen molar-refractivity contribution in [2.75, 3.05) is 5.32 Å². The zero-order valence-corrected chi connectivity index (χ0v) is 16.6. The van der Waals surface area contributed by atoms with Crippen LogP contribution >= 0.6 is 0 Å². The Bertz CT molecular complexity index is 974. The molecule has 0 radical (unpaired) electrons. The summed E-state index contributed by atoms with van der Waals surface area (Å²) >= 11 is 0. The third kappa shape index (κ3) is 3.61. The van der Waals surface area contributed by atoms with Crippen LogP contribution in [0.15, 0.2) is 36.4 Å². The number of primary amides is 1. The van der Waals surface area contributed by atoms with Crippen molar-refractivity contribution in [2.24, 2.45) is 11.7 Å². The minimum absolute atomic E-state index is 0.170. The Morgan fingerprint density at radius 1 is 1.07 bits per heavy atom. The van der Waals surface area contributed by atoms with Crippen molar-refractivity contribution < 1.29 is 9.59 Å². The van der Waals surface area contributed by atoms with Crippen molar-refractivity contribution in [1.82, 2.24) is 4.90 Å². The number of anilines is 2. The first kappa shape index (κ1) is 18.2. The minimum atomic E-state index is -0.419. The molecule has 5 nitrogen and oxygen atoms in total. The highest BCUT2D eigenvalue weighted by Gasteiger charge is 2.34. The summed E-state index contributed by atoms with van der Waals surface area (Å²) in [5.41, 5.74) is 11.0. The molecule has 0 atom stereocenters. The molecule has 2 amide bonds. The van der Waals surface area contributed by atoms with Crippen LogP contribution in [0.3, 0.4) is 0 Å². The molecule has 0 spiro atoms. The first-order valence-corrected chi connectivity index (χ1v) is 10.7. The fourth-order valence-electron chi connectivity index (χ4n) is 4.74. The lowest BCUT2D eigenvalue weighted by Crippen LogP contribution is -2.33. The van der Waals surface area contributed by atoms with E-state index in [1.807, 2.05) is 35.2 Å². The zero-order chi connectivity index (χ0) is 20.0. The van der Waals surface area contributed by atoms with Crippen LogP contribution in [0.4, 0.5) is 11.4 Å². The number of amides is 2. The summed E-state index contributed by atoms with van der Waals surface area (Å²) in [5.74, 6) is 0.494. The highest BCUT2D eigenvalue weighted by molar-refractivity contribution is 5.99. The van der Waals surface area contributed by atoms with Crippen molar-refractivity contribution in [1.29, 1.82) is 0 Å². The van der Waals surface area contributed by atoms with E-state index >= 15 is 0 Å². The van der Waals surface area contributed by atoms with E-state index in [0.29, 0.717) is 18.2 Å². The van der Waals surface area contributed by atoms with Gasteiger partial charge in [-0.1, -0.05) is 18.9 Å². The Kier molecular flexibility index (Phi) is 4.53. The van der Waals surface area contributed by atoms with Gasteiger partial charge < -0.3 is 16.0 Å². The number of benzene rings is 2.